The lowest BCUT2D eigenvalue weighted by Crippen LogP contribution is -2.43. The Balaban J connectivity index is 1.44. The van der Waals surface area contributed by atoms with E-state index in [9.17, 15) is 4.79 Å². The Bertz CT molecular complexity index is 1290. The van der Waals surface area contributed by atoms with Gasteiger partial charge in [0.25, 0.3) is 0 Å². The van der Waals surface area contributed by atoms with Gasteiger partial charge in [-0.2, -0.15) is 0 Å². The van der Waals surface area contributed by atoms with Crippen molar-refractivity contribution < 1.29 is 9.53 Å². The van der Waals surface area contributed by atoms with Crippen molar-refractivity contribution in [1.29, 1.82) is 0 Å². The molecule has 35 heavy (non-hydrogen) atoms. The number of carbonyl (C=O) groups excluding carboxylic acids is 1. The minimum atomic E-state index is -0.432. The standard InChI is InChI=1S/C27H27N5O2S/c1-3-34-22-15-13-20(14-16-22)23-24(26(33)28-17-19-11-9-18(2)10-12-19)35-27-30-29-25(32(27)31-23)21-7-5-4-6-8-21/h4-16,23-24,31H,3,17H2,1-2H3,(H,28,33)/t23-,24+/m1/s1. The molecule has 0 aliphatic carbocycles. The third-order valence-corrected chi connectivity index (χ3v) is 7.08. The van der Waals surface area contributed by atoms with Gasteiger partial charge < -0.3 is 15.5 Å². The smallest absolute Gasteiger partial charge is 0.236 e. The molecule has 7 nitrogen and oxygen atoms in total. The van der Waals surface area contributed by atoms with Gasteiger partial charge in [-0.05, 0) is 37.1 Å². The number of amides is 1. The number of aromatic nitrogens is 3. The topological polar surface area (TPSA) is 81.1 Å². The molecule has 1 aliphatic heterocycles. The highest BCUT2D eigenvalue weighted by Gasteiger charge is 2.38. The van der Waals surface area contributed by atoms with Gasteiger partial charge in [-0.1, -0.05) is 84.1 Å². The summed E-state index contributed by atoms with van der Waals surface area (Å²) in [6, 6.07) is 25.7. The summed E-state index contributed by atoms with van der Waals surface area (Å²) in [5, 5.41) is 12.1. The zero-order chi connectivity index (χ0) is 24.2. The van der Waals surface area contributed by atoms with Crippen LogP contribution in [0.25, 0.3) is 11.4 Å². The molecule has 1 aromatic heterocycles. The van der Waals surface area contributed by atoms with Crippen LogP contribution in [-0.2, 0) is 11.3 Å². The van der Waals surface area contributed by atoms with Crippen molar-refractivity contribution in [2.45, 2.75) is 36.8 Å². The second kappa shape index (κ2) is 10.2. The Hall–Kier alpha value is -3.78. The van der Waals surface area contributed by atoms with Crippen molar-refractivity contribution >= 4 is 17.7 Å². The summed E-state index contributed by atoms with van der Waals surface area (Å²) in [5.74, 6) is 1.45. The molecule has 2 N–H and O–H groups in total. The van der Waals surface area contributed by atoms with Gasteiger partial charge in [-0.25, -0.2) is 4.68 Å². The number of thioether (sulfide) groups is 1. The van der Waals surface area contributed by atoms with Gasteiger partial charge in [0.1, 0.15) is 11.0 Å². The molecule has 2 atom stereocenters. The maximum absolute atomic E-state index is 13.4. The van der Waals surface area contributed by atoms with E-state index in [0.717, 1.165) is 22.4 Å². The highest BCUT2D eigenvalue weighted by molar-refractivity contribution is 8.00. The Kier molecular flexibility index (Phi) is 6.72. The van der Waals surface area contributed by atoms with Crippen LogP contribution in [0.3, 0.4) is 0 Å². The van der Waals surface area contributed by atoms with Gasteiger partial charge in [0.05, 0.1) is 12.6 Å². The minimum absolute atomic E-state index is 0.0579. The van der Waals surface area contributed by atoms with Crippen molar-refractivity contribution in [1.82, 2.24) is 20.2 Å². The van der Waals surface area contributed by atoms with Gasteiger partial charge in [0.2, 0.25) is 11.1 Å². The molecule has 178 valence electrons. The molecule has 5 rings (SSSR count). The lowest BCUT2D eigenvalue weighted by atomic mass is 10.0. The predicted octanol–water partition coefficient (Wildman–Crippen LogP) is 4.73. The van der Waals surface area contributed by atoms with Crippen molar-refractivity contribution in [3.8, 4) is 17.1 Å². The molecule has 8 heteroatoms. The molecule has 0 radical (unpaired) electrons. The first-order valence-electron chi connectivity index (χ1n) is 11.6. The summed E-state index contributed by atoms with van der Waals surface area (Å²) in [5.41, 5.74) is 7.70. The zero-order valence-electron chi connectivity index (χ0n) is 19.6. The summed E-state index contributed by atoms with van der Waals surface area (Å²) in [7, 11) is 0. The fourth-order valence-electron chi connectivity index (χ4n) is 4.01. The van der Waals surface area contributed by atoms with E-state index in [1.807, 2.05) is 85.3 Å². The Morgan fingerprint density at radius 2 is 1.77 bits per heavy atom. The van der Waals surface area contributed by atoms with E-state index in [4.69, 9.17) is 4.74 Å². The number of carbonyl (C=O) groups is 1. The molecular formula is C27H27N5O2S. The van der Waals surface area contributed by atoms with Gasteiger partial charge >= 0.3 is 0 Å². The van der Waals surface area contributed by atoms with Gasteiger partial charge in [-0.15, -0.1) is 10.2 Å². The van der Waals surface area contributed by atoms with Crippen molar-refractivity contribution in [3.05, 3.63) is 95.6 Å². The molecule has 0 fully saturated rings. The molecule has 1 aliphatic rings. The summed E-state index contributed by atoms with van der Waals surface area (Å²) in [4.78, 5) is 13.4. The average molecular weight is 486 g/mol. The minimum Gasteiger partial charge on any atom is -0.494 e. The summed E-state index contributed by atoms with van der Waals surface area (Å²) in [6.07, 6.45) is 0. The van der Waals surface area contributed by atoms with E-state index >= 15 is 0 Å². The summed E-state index contributed by atoms with van der Waals surface area (Å²) in [6.45, 7) is 5.08. The van der Waals surface area contributed by atoms with Crippen LogP contribution in [0.1, 0.15) is 29.7 Å². The first-order valence-corrected chi connectivity index (χ1v) is 12.5. The number of rotatable bonds is 7. The SMILES string of the molecule is CCOc1ccc([C@H]2Nn3c(nnc3-c3ccccc3)S[C@@H]2C(=O)NCc2ccc(C)cc2)cc1. The molecule has 1 amide bonds. The van der Waals surface area contributed by atoms with Crippen LogP contribution in [0.15, 0.2) is 84.0 Å². The molecule has 0 saturated carbocycles. The molecule has 0 unspecified atom stereocenters. The zero-order valence-corrected chi connectivity index (χ0v) is 20.5. The Morgan fingerprint density at radius 3 is 2.49 bits per heavy atom. The van der Waals surface area contributed by atoms with Crippen LogP contribution in [0.4, 0.5) is 0 Å². The second-order valence-electron chi connectivity index (χ2n) is 8.36. The highest BCUT2D eigenvalue weighted by Crippen LogP contribution is 2.39. The quantitative estimate of drug-likeness (QED) is 0.394. The van der Waals surface area contributed by atoms with E-state index < -0.39 is 5.25 Å². The van der Waals surface area contributed by atoms with Crippen LogP contribution in [-0.4, -0.2) is 32.6 Å². The molecule has 4 aromatic rings. The van der Waals surface area contributed by atoms with E-state index in [0.29, 0.717) is 24.1 Å². The van der Waals surface area contributed by atoms with Crippen molar-refractivity contribution in [2.75, 3.05) is 12.0 Å². The first kappa shape index (κ1) is 23.0. The van der Waals surface area contributed by atoms with Crippen LogP contribution in [0.2, 0.25) is 0 Å². The normalized spacial score (nSPS) is 16.7. The predicted molar refractivity (Wildman–Crippen MR) is 138 cm³/mol. The molecular weight excluding hydrogens is 458 g/mol. The number of benzene rings is 3. The van der Waals surface area contributed by atoms with Crippen LogP contribution in [0, 0.1) is 6.92 Å². The van der Waals surface area contributed by atoms with Gasteiger partial charge in [0.15, 0.2) is 5.82 Å². The number of nitrogens with zero attached hydrogens (tertiary/aromatic N) is 3. The second-order valence-corrected chi connectivity index (χ2v) is 9.47. The lowest BCUT2D eigenvalue weighted by molar-refractivity contribution is -0.121. The van der Waals surface area contributed by atoms with E-state index in [1.165, 1.54) is 17.3 Å². The third kappa shape index (κ3) is 5.02. The number of fused-ring (bicyclic) bond motifs is 1. The first-order chi connectivity index (χ1) is 17.1. The highest BCUT2D eigenvalue weighted by atomic mass is 32.2. The van der Waals surface area contributed by atoms with Crippen molar-refractivity contribution in [2.24, 2.45) is 0 Å². The Morgan fingerprint density at radius 1 is 1.03 bits per heavy atom. The van der Waals surface area contributed by atoms with Gasteiger partial charge in [-0.3, -0.25) is 4.79 Å². The molecule has 0 saturated heterocycles. The van der Waals surface area contributed by atoms with E-state index in [1.54, 1.807) is 0 Å². The summed E-state index contributed by atoms with van der Waals surface area (Å²) >= 11 is 1.42. The number of hydrogen-bond donors (Lipinski definition) is 2. The maximum atomic E-state index is 13.4. The van der Waals surface area contributed by atoms with Crippen LogP contribution < -0.4 is 15.5 Å². The van der Waals surface area contributed by atoms with Gasteiger partial charge in [0, 0.05) is 12.1 Å². The monoisotopic (exact) mass is 485 g/mol. The van der Waals surface area contributed by atoms with Crippen molar-refractivity contribution in [3.63, 3.8) is 0 Å². The number of aryl methyl sites for hydroxylation is 1. The maximum Gasteiger partial charge on any atom is 0.236 e. The van der Waals surface area contributed by atoms with E-state index in [2.05, 4.69) is 33.1 Å². The number of hydrogen-bond acceptors (Lipinski definition) is 6. The molecule has 3 aromatic carbocycles. The molecule has 0 spiro atoms. The summed E-state index contributed by atoms with van der Waals surface area (Å²) < 4.78 is 7.49. The number of ether oxygens (including phenoxy) is 1. The fourth-order valence-corrected chi connectivity index (χ4v) is 5.12. The molecule has 2 heterocycles. The van der Waals surface area contributed by atoms with Crippen LogP contribution >= 0.6 is 11.8 Å². The number of nitrogens with one attached hydrogen (secondary N) is 2. The average Bonchev–Trinajstić information content (AvgIpc) is 3.32. The van der Waals surface area contributed by atoms with E-state index in [-0.39, 0.29) is 11.9 Å². The van der Waals surface area contributed by atoms with Crippen LogP contribution in [0.5, 0.6) is 5.75 Å². The molecule has 0 bridgehead atoms. The Labute approximate surface area is 208 Å². The largest absolute Gasteiger partial charge is 0.494 e. The third-order valence-electron chi connectivity index (χ3n) is 5.86. The fraction of sp³-hybridized carbons (Fsp3) is 0.222. The lowest BCUT2D eigenvalue weighted by Gasteiger charge is -2.33.